The number of fused-ring (bicyclic) bond motifs is 1. The first kappa shape index (κ1) is 10.4. The average molecular weight is 222 g/mol. The molecular weight excluding hydrogens is 210 g/mol. The molecule has 1 heterocycles. The number of para-hydroxylation sites is 1. The van der Waals surface area contributed by atoms with Gasteiger partial charge in [0.25, 0.3) is 0 Å². The Hall–Kier alpha value is -1.12. The van der Waals surface area contributed by atoms with Gasteiger partial charge in [0.2, 0.25) is 0 Å². The van der Waals surface area contributed by atoms with Crippen molar-refractivity contribution >= 4 is 22.5 Å². The van der Waals surface area contributed by atoms with E-state index in [2.05, 4.69) is 4.98 Å². The lowest BCUT2D eigenvalue weighted by Gasteiger charge is -2.09. The fourth-order valence-corrected chi connectivity index (χ4v) is 1.93. The maximum Gasteiger partial charge on any atom is 0.135 e. The molecule has 0 saturated carbocycles. The predicted octanol–water partition coefficient (Wildman–Crippen LogP) is 3.25. The van der Waals surface area contributed by atoms with Gasteiger partial charge in [0, 0.05) is 10.9 Å². The third-order valence-electron chi connectivity index (χ3n) is 2.48. The van der Waals surface area contributed by atoms with E-state index in [0.717, 1.165) is 16.5 Å². The molecule has 0 fully saturated rings. The van der Waals surface area contributed by atoms with E-state index in [-0.39, 0.29) is 0 Å². The van der Waals surface area contributed by atoms with Crippen molar-refractivity contribution in [1.29, 1.82) is 0 Å². The molecule has 0 bridgehead atoms. The molecule has 0 saturated heterocycles. The second kappa shape index (κ2) is 3.80. The second-order valence-corrected chi connectivity index (χ2v) is 4.05. The average Bonchev–Trinajstić information content (AvgIpc) is 2.18. The van der Waals surface area contributed by atoms with Gasteiger partial charge in [0.05, 0.1) is 11.6 Å². The molecule has 3 heteroatoms. The molecule has 0 spiro atoms. The van der Waals surface area contributed by atoms with E-state index >= 15 is 0 Å². The van der Waals surface area contributed by atoms with E-state index in [9.17, 15) is 5.11 Å². The number of nitrogens with zero attached hydrogens (tertiary/aromatic N) is 1. The van der Waals surface area contributed by atoms with Gasteiger partial charge in [-0.25, -0.2) is 4.98 Å². The van der Waals surface area contributed by atoms with Crippen LogP contribution in [0, 0.1) is 6.92 Å². The highest BCUT2D eigenvalue weighted by molar-refractivity contribution is 6.30. The number of pyridine rings is 1. The van der Waals surface area contributed by atoms with E-state index in [1.807, 2.05) is 31.2 Å². The molecule has 0 radical (unpaired) electrons. The van der Waals surface area contributed by atoms with Crippen molar-refractivity contribution in [3.8, 4) is 0 Å². The van der Waals surface area contributed by atoms with Crippen LogP contribution in [0.5, 0.6) is 0 Å². The third-order valence-corrected chi connectivity index (χ3v) is 2.78. The van der Waals surface area contributed by atoms with Crippen molar-refractivity contribution in [1.82, 2.24) is 4.98 Å². The Bertz CT molecular complexity index is 508. The fraction of sp³-hybridized carbons (Fsp3) is 0.250. The van der Waals surface area contributed by atoms with E-state index < -0.39 is 6.10 Å². The van der Waals surface area contributed by atoms with Crippen LogP contribution in [-0.2, 0) is 0 Å². The summed E-state index contributed by atoms with van der Waals surface area (Å²) in [6.45, 7) is 3.68. The minimum Gasteiger partial charge on any atom is -0.389 e. The minimum atomic E-state index is -0.588. The van der Waals surface area contributed by atoms with Crippen molar-refractivity contribution in [2.45, 2.75) is 20.0 Å². The molecular formula is C12H12ClNO. The second-order valence-electron chi connectivity index (χ2n) is 3.69. The van der Waals surface area contributed by atoms with Gasteiger partial charge in [-0.1, -0.05) is 29.8 Å². The maximum absolute atomic E-state index is 9.51. The number of aliphatic hydroxyl groups is 1. The Kier molecular flexibility index (Phi) is 2.63. The summed E-state index contributed by atoms with van der Waals surface area (Å²) in [5.74, 6) is 0. The Labute approximate surface area is 93.5 Å². The van der Waals surface area contributed by atoms with Gasteiger partial charge in [0.1, 0.15) is 5.15 Å². The van der Waals surface area contributed by atoms with E-state index in [4.69, 9.17) is 11.6 Å². The molecule has 1 aromatic heterocycles. The summed E-state index contributed by atoms with van der Waals surface area (Å²) in [4.78, 5) is 4.30. The van der Waals surface area contributed by atoms with Crippen LogP contribution >= 0.6 is 11.6 Å². The summed E-state index contributed by atoms with van der Waals surface area (Å²) in [5.41, 5.74) is 2.66. The van der Waals surface area contributed by atoms with Gasteiger partial charge in [-0.05, 0) is 25.5 Å². The minimum absolute atomic E-state index is 0.381. The molecule has 2 nitrogen and oxygen atoms in total. The number of rotatable bonds is 1. The Morgan fingerprint density at radius 2 is 2.13 bits per heavy atom. The van der Waals surface area contributed by atoms with Crippen molar-refractivity contribution in [3.63, 3.8) is 0 Å². The SMILES string of the molecule is Cc1cccc2cc([C@@H](C)O)c(Cl)nc12. The molecule has 1 N–H and O–H groups in total. The zero-order valence-electron chi connectivity index (χ0n) is 8.66. The Morgan fingerprint density at radius 1 is 1.40 bits per heavy atom. The molecule has 0 aliphatic heterocycles. The van der Waals surface area contributed by atoms with Gasteiger partial charge in [-0.15, -0.1) is 0 Å². The molecule has 0 unspecified atom stereocenters. The monoisotopic (exact) mass is 221 g/mol. The van der Waals surface area contributed by atoms with Crippen LogP contribution in [0.3, 0.4) is 0 Å². The van der Waals surface area contributed by atoms with Crippen LogP contribution in [0.2, 0.25) is 5.15 Å². The maximum atomic E-state index is 9.51. The van der Waals surface area contributed by atoms with Gasteiger partial charge < -0.3 is 5.11 Å². The standard InChI is InChI=1S/C12H12ClNO/c1-7-4-3-5-9-6-10(8(2)15)12(13)14-11(7)9/h3-6,8,15H,1-2H3/t8-/m1/s1. The van der Waals surface area contributed by atoms with E-state index in [1.165, 1.54) is 0 Å². The predicted molar refractivity (Wildman–Crippen MR) is 62.1 cm³/mol. The van der Waals surface area contributed by atoms with Crippen LogP contribution in [0.15, 0.2) is 24.3 Å². The highest BCUT2D eigenvalue weighted by Gasteiger charge is 2.10. The van der Waals surface area contributed by atoms with Gasteiger partial charge in [0.15, 0.2) is 0 Å². The third kappa shape index (κ3) is 1.83. The zero-order chi connectivity index (χ0) is 11.0. The summed E-state index contributed by atoms with van der Waals surface area (Å²) in [6.07, 6.45) is -0.588. The summed E-state index contributed by atoms with van der Waals surface area (Å²) < 4.78 is 0. The summed E-state index contributed by atoms with van der Waals surface area (Å²) >= 11 is 6.00. The first-order valence-electron chi connectivity index (χ1n) is 4.83. The Balaban J connectivity index is 2.76. The molecule has 0 aliphatic carbocycles. The van der Waals surface area contributed by atoms with Crippen LogP contribution in [0.1, 0.15) is 24.2 Å². The lowest BCUT2D eigenvalue weighted by Crippen LogP contribution is -1.95. The van der Waals surface area contributed by atoms with Crippen LogP contribution in [-0.4, -0.2) is 10.1 Å². The smallest absolute Gasteiger partial charge is 0.135 e. The van der Waals surface area contributed by atoms with E-state index in [1.54, 1.807) is 6.92 Å². The molecule has 2 aromatic rings. The van der Waals surface area contributed by atoms with Crippen LogP contribution in [0.25, 0.3) is 10.9 Å². The van der Waals surface area contributed by atoms with Crippen molar-refractivity contribution in [3.05, 3.63) is 40.5 Å². The number of aliphatic hydroxyl groups excluding tert-OH is 1. The first-order valence-corrected chi connectivity index (χ1v) is 5.21. The quantitative estimate of drug-likeness (QED) is 0.750. The molecule has 1 aromatic carbocycles. The van der Waals surface area contributed by atoms with Gasteiger partial charge in [-0.3, -0.25) is 0 Å². The summed E-state index contributed by atoms with van der Waals surface area (Å²) in [5, 5.41) is 10.9. The number of benzene rings is 1. The van der Waals surface area contributed by atoms with Crippen molar-refractivity contribution < 1.29 is 5.11 Å². The highest BCUT2D eigenvalue weighted by Crippen LogP contribution is 2.26. The molecule has 0 amide bonds. The zero-order valence-corrected chi connectivity index (χ0v) is 9.42. The summed E-state index contributed by atoms with van der Waals surface area (Å²) in [6, 6.07) is 7.83. The molecule has 0 aliphatic rings. The number of hydrogen-bond acceptors (Lipinski definition) is 2. The molecule has 1 atom stereocenters. The number of aromatic nitrogens is 1. The topological polar surface area (TPSA) is 33.1 Å². The van der Waals surface area contributed by atoms with Crippen molar-refractivity contribution in [2.75, 3.05) is 0 Å². The molecule has 15 heavy (non-hydrogen) atoms. The van der Waals surface area contributed by atoms with Crippen LogP contribution in [0.4, 0.5) is 0 Å². The lowest BCUT2D eigenvalue weighted by molar-refractivity contribution is 0.199. The largest absolute Gasteiger partial charge is 0.389 e. The Morgan fingerprint density at radius 3 is 2.80 bits per heavy atom. The van der Waals surface area contributed by atoms with E-state index in [0.29, 0.717) is 10.7 Å². The number of aryl methyl sites for hydroxylation is 1. The number of hydrogen-bond donors (Lipinski definition) is 1. The molecule has 78 valence electrons. The number of halogens is 1. The van der Waals surface area contributed by atoms with Crippen LogP contribution < -0.4 is 0 Å². The fourth-order valence-electron chi connectivity index (χ4n) is 1.63. The summed E-state index contributed by atoms with van der Waals surface area (Å²) in [7, 11) is 0. The first-order chi connectivity index (χ1) is 7.09. The van der Waals surface area contributed by atoms with Gasteiger partial charge >= 0.3 is 0 Å². The van der Waals surface area contributed by atoms with Gasteiger partial charge in [-0.2, -0.15) is 0 Å². The highest BCUT2D eigenvalue weighted by atomic mass is 35.5. The van der Waals surface area contributed by atoms with Crippen molar-refractivity contribution in [2.24, 2.45) is 0 Å². The molecule has 2 rings (SSSR count). The lowest BCUT2D eigenvalue weighted by atomic mass is 10.1. The normalized spacial score (nSPS) is 13.1.